The van der Waals surface area contributed by atoms with Gasteiger partial charge in [0.25, 0.3) is 0 Å². The summed E-state index contributed by atoms with van der Waals surface area (Å²) in [7, 11) is 0. The number of rotatable bonds is 4. The number of hydrogen-bond donors (Lipinski definition) is 3. The molecule has 0 saturated carbocycles. The number of nitrogens with two attached hydrogens (primary N) is 1. The summed E-state index contributed by atoms with van der Waals surface area (Å²) in [6, 6.07) is 1.70. The second kappa shape index (κ2) is 5.38. The summed E-state index contributed by atoms with van der Waals surface area (Å²) in [6.45, 7) is 5.54. The van der Waals surface area contributed by atoms with E-state index in [2.05, 4.69) is 10.5 Å². The largest absolute Gasteiger partial charge is 0.466 e. The van der Waals surface area contributed by atoms with Gasteiger partial charge in [-0.15, -0.1) is 0 Å². The van der Waals surface area contributed by atoms with E-state index in [1.54, 1.807) is 0 Å². The topological polar surface area (TPSA) is 101 Å². The molecule has 0 saturated heterocycles. The lowest BCUT2D eigenvalue weighted by Gasteiger charge is -2.12. The smallest absolute Gasteiger partial charge is 0.228 e. The molecule has 0 aromatic carbocycles. The Hall–Kier alpha value is -1.98. The van der Waals surface area contributed by atoms with Gasteiger partial charge < -0.3 is 20.7 Å². The van der Waals surface area contributed by atoms with Crippen molar-refractivity contribution in [2.75, 3.05) is 0 Å². The molecule has 0 spiro atoms. The van der Waals surface area contributed by atoms with Crippen LogP contribution < -0.4 is 11.1 Å². The van der Waals surface area contributed by atoms with Crippen LogP contribution in [0, 0.1) is 13.8 Å². The third-order valence-electron chi connectivity index (χ3n) is 2.39. The molecule has 1 rings (SSSR count). The average Bonchev–Trinajstić information content (AvgIpc) is 2.57. The lowest BCUT2D eigenvalue weighted by Crippen LogP contribution is -2.30. The van der Waals surface area contributed by atoms with E-state index in [4.69, 9.17) is 15.4 Å². The molecule has 0 radical (unpaired) electrons. The zero-order chi connectivity index (χ0) is 13.0. The zero-order valence-corrected chi connectivity index (χ0v) is 10.2. The van der Waals surface area contributed by atoms with Crippen molar-refractivity contribution >= 4 is 11.7 Å². The highest BCUT2D eigenvalue weighted by Gasteiger charge is 2.15. The van der Waals surface area contributed by atoms with Crippen LogP contribution in [-0.2, 0) is 4.79 Å². The summed E-state index contributed by atoms with van der Waals surface area (Å²) in [5, 5.41) is 13.8. The number of aryl methyl sites for hydroxylation is 2. The first-order chi connectivity index (χ1) is 7.93. The Bertz CT molecular complexity index is 437. The molecule has 17 heavy (non-hydrogen) atoms. The Morgan fingerprint density at radius 1 is 1.65 bits per heavy atom. The van der Waals surface area contributed by atoms with E-state index in [-0.39, 0.29) is 24.2 Å². The maximum absolute atomic E-state index is 11.5. The molecule has 1 atom stereocenters. The molecule has 0 aliphatic heterocycles. The highest BCUT2D eigenvalue weighted by atomic mass is 16.4. The number of amidine groups is 1. The van der Waals surface area contributed by atoms with Gasteiger partial charge in [-0.3, -0.25) is 4.79 Å². The molecule has 1 amide bonds. The zero-order valence-electron chi connectivity index (χ0n) is 10.2. The quantitative estimate of drug-likeness (QED) is 0.318. The van der Waals surface area contributed by atoms with Gasteiger partial charge in [0.05, 0.1) is 12.5 Å². The Morgan fingerprint density at radius 3 is 2.76 bits per heavy atom. The van der Waals surface area contributed by atoms with Crippen molar-refractivity contribution in [1.82, 2.24) is 5.32 Å². The molecule has 6 heteroatoms. The van der Waals surface area contributed by atoms with Crippen molar-refractivity contribution in [3.63, 3.8) is 0 Å². The third kappa shape index (κ3) is 3.51. The van der Waals surface area contributed by atoms with E-state index in [0.717, 1.165) is 17.1 Å². The Balaban J connectivity index is 2.63. The molecular formula is C11H17N3O3. The van der Waals surface area contributed by atoms with Crippen LogP contribution >= 0.6 is 0 Å². The van der Waals surface area contributed by atoms with Crippen LogP contribution in [0.3, 0.4) is 0 Å². The number of carbonyl (C=O) groups excluding carboxylic acids is 1. The molecular weight excluding hydrogens is 222 g/mol. The summed E-state index contributed by atoms with van der Waals surface area (Å²) >= 11 is 0. The maximum Gasteiger partial charge on any atom is 0.228 e. The molecule has 0 bridgehead atoms. The Morgan fingerprint density at radius 2 is 2.29 bits per heavy atom. The number of nitrogens with one attached hydrogen (secondary N) is 1. The van der Waals surface area contributed by atoms with Gasteiger partial charge in [0.1, 0.15) is 17.4 Å². The fraction of sp³-hybridized carbons (Fsp3) is 0.455. The van der Waals surface area contributed by atoms with Gasteiger partial charge in [-0.2, -0.15) is 0 Å². The first-order valence-corrected chi connectivity index (χ1v) is 5.26. The van der Waals surface area contributed by atoms with E-state index in [0.29, 0.717) is 0 Å². The predicted octanol–water partition coefficient (Wildman–Crippen LogP) is 1.21. The average molecular weight is 239 g/mol. The minimum atomic E-state index is -0.300. The number of amides is 1. The van der Waals surface area contributed by atoms with Gasteiger partial charge in [-0.1, -0.05) is 5.16 Å². The van der Waals surface area contributed by atoms with Crippen molar-refractivity contribution in [2.24, 2.45) is 10.9 Å². The van der Waals surface area contributed by atoms with Gasteiger partial charge in [0, 0.05) is 5.56 Å². The second-order valence-electron chi connectivity index (χ2n) is 3.93. The monoisotopic (exact) mass is 239 g/mol. The van der Waals surface area contributed by atoms with E-state index in [1.807, 2.05) is 26.8 Å². The summed E-state index contributed by atoms with van der Waals surface area (Å²) in [6.07, 6.45) is -0.128. The molecule has 0 aliphatic carbocycles. The van der Waals surface area contributed by atoms with Crippen molar-refractivity contribution < 1.29 is 14.4 Å². The molecule has 4 N–H and O–H groups in total. The molecule has 94 valence electrons. The number of oxime groups is 1. The van der Waals surface area contributed by atoms with E-state index < -0.39 is 0 Å². The second-order valence-corrected chi connectivity index (χ2v) is 3.93. The molecule has 0 aliphatic rings. The van der Waals surface area contributed by atoms with Crippen LogP contribution in [0.15, 0.2) is 15.6 Å². The van der Waals surface area contributed by atoms with Crippen LogP contribution in [0.25, 0.3) is 0 Å². The highest BCUT2D eigenvalue weighted by Crippen LogP contribution is 2.21. The Kier molecular flexibility index (Phi) is 4.14. The highest BCUT2D eigenvalue weighted by molar-refractivity contribution is 5.98. The number of nitrogens with zero attached hydrogens (tertiary/aromatic N) is 1. The van der Waals surface area contributed by atoms with Crippen molar-refractivity contribution in [2.45, 2.75) is 33.2 Å². The SMILES string of the molecule is Cc1cc(C(C)NC(=O)CC(N)=NO)c(C)o1. The summed E-state index contributed by atoms with van der Waals surface area (Å²) in [5.74, 6) is 1.16. The number of carbonyl (C=O) groups is 1. The molecule has 1 heterocycles. The third-order valence-corrected chi connectivity index (χ3v) is 2.39. The van der Waals surface area contributed by atoms with Gasteiger partial charge in [0.2, 0.25) is 5.91 Å². The summed E-state index contributed by atoms with van der Waals surface area (Å²) < 4.78 is 5.38. The minimum absolute atomic E-state index is 0.116. The molecule has 1 unspecified atom stereocenters. The first kappa shape index (κ1) is 13.1. The minimum Gasteiger partial charge on any atom is -0.466 e. The Labute approximate surface area is 99.5 Å². The standard InChI is InChI=1S/C11H17N3O3/c1-6-4-9(8(3)17-6)7(2)13-11(15)5-10(12)14-16/h4,7,16H,5H2,1-3H3,(H2,12,14)(H,13,15). The lowest BCUT2D eigenvalue weighted by atomic mass is 10.1. The molecule has 0 fully saturated rings. The van der Waals surface area contributed by atoms with E-state index >= 15 is 0 Å². The first-order valence-electron chi connectivity index (χ1n) is 5.26. The van der Waals surface area contributed by atoms with Crippen LogP contribution in [0.5, 0.6) is 0 Å². The normalized spacial score (nSPS) is 13.5. The summed E-state index contributed by atoms with van der Waals surface area (Å²) in [5.41, 5.74) is 6.17. The number of hydrogen-bond acceptors (Lipinski definition) is 4. The lowest BCUT2D eigenvalue weighted by molar-refractivity contribution is -0.120. The fourth-order valence-electron chi connectivity index (χ4n) is 1.65. The number of furan rings is 1. The fourth-order valence-corrected chi connectivity index (χ4v) is 1.65. The van der Waals surface area contributed by atoms with E-state index in [9.17, 15) is 4.79 Å². The predicted molar refractivity (Wildman–Crippen MR) is 62.8 cm³/mol. The van der Waals surface area contributed by atoms with Crippen LogP contribution in [0.1, 0.15) is 36.5 Å². The maximum atomic E-state index is 11.5. The van der Waals surface area contributed by atoms with Crippen molar-refractivity contribution in [3.05, 3.63) is 23.2 Å². The van der Waals surface area contributed by atoms with Crippen molar-refractivity contribution in [1.29, 1.82) is 0 Å². The van der Waals surface area contributed by atoms with Crippen LogP contribution in [0.4, 0.5) is 0 Å². The van der Waals surface area contributed by atoms with Gasteiger partial charge in [0.15, 0.2) is 0 Å². The van der Waals surface area contributed by atoms with Gasteiger partial charge >= 0.3 is 0 Å². The molecule has 6 nitrogen and oxygen atoms in total. The van der Waals surface area contributed by atoms with Crippen LogP contribution in [0.2, 0.25) is 0 Å². The van der Waals surface area contributed by atoms with Crippen molar-refractivity contribution in [3.8, 4) is 0 Å². The van der Waals surface area contributed by atoms with Crippen LogP contribution in [-0.4, -0.2) is 17.0 Å². The van der Waals surface area contributed by atoms with Gasteiger partial charge in [-0.25, -0.2) is 0 Å². The van der Waals surface area contributed by atoms with Gasteiger partial charge in [-0.05, 0) is 26.8 Å². The molecule has 1 aromatic rings. The molecule has 1 aromatic heterocycles. The summed E-state index contributed by atoms with van der Waals surface area (Å²) in [4.78, 5) is 11.5. The van der Waals surface area contributed by atoms with E-state index in [1.165, 1.54) is 0 Å².